The Hall–Kier alpha value is -3.06. The summed E-state index contributed by atoms with van der Waals surface area (Å²) in [5, 5.41) is 15.2. The van der Waals surface area contributed by atoms with Crippen molar-refractivity contribution in [2.75, 3.05) is 18.5 Å². The largest absolute Gasteiger partial charge is 0.507 e. The van der Waals surface area contributed by atoms with Crippen LogP contribution in [-0.4, -0.2) is 36.0 Å². The monoisotopic (exact) mass is 390 g/mol. The molecule has 8 heteroatoms. The van der Waals surface area contributed by atoms with E-state index in [1.807, 2.05) is 0 Å². The van der Waals surface area contributed by atoms with Crippen LogP contribution in [0.25, 0.3) is 0 Å². The van der Waals surface area contributed by atoms with Gasteiger partial charge in [0.2, 0.25) is 5.91 Å². The number of carbonyl (C=O) groups excluding carboxylic acids is 3. The number of hydrogen-bond acceptors (Lipinski definition) is 5. The van der Waals surface area contributed by atoms with E-state index in [1.165, 1.54) is 12.1 Å². The van der Waals surface area contributed by atoms with E-state index in [1.54, 1.807) is 38.1 Å². The van der Waals surface area contributed by atoms with Crippen molar-refractivity contribution in [1.29, 1.82) is 0 Å². The molecule has 0 radical (unpaired) electrons. The Balaban J connectivity index is 1.80. The Bertz CT molecular complexity index is 882. The standard InChI is InChI=1S/C19H19ClN2O5/c1-11-6-7-16(23)13(8-11)19(26)27-10-18(25)21-9-17(24)22-15-5-3-4-14(20)12(15)2/h3-8,23H,9-10H2,1-2H3,(H,21,25)(H,22,24). The predicted octanol–water partition coefficient (Wildman–Crippen LogP) is 2.57. The van der Waals surface area contributed by atoms with Crippen LogP contribution in [0, 0.1) is 13.8 Å². The first-order valence-electron chi connectivity index (χ1n) is 8.06. The van der Waals surface area contributed by atoms with Crippen LogP contribution in [0.4, 0.5) is 5.69 Å². The molecule has 0 saturated carbocycles. The van der Waals surface area contributed by atoms with Gasteiger partial charge in [-0.2, -0.15) is 0 Å². The fourth-order valence-corrected chi connectivity index (χ4v) is 2.36. The van der Waals surface area contributed by atoms with E-state index in [4.69, 9.17) is 16.3 Å². The average molecular weight is 391 g/mol. The Morgan fingerprint density at radius 2 is 1.85 bits per heavy atom. The maximum Gasteiger partial charge on any atom is 0.342 e. The molecule has 0 bridgehead atoms. The minimum Gasteiger partial charge on any atom is -0.507 e. The zero-order chi connectivity index (χ0) is 20.0. The maximum atomic E-state index is 11.9. The van der Waals surface area contributed by atoms with Crippen molar-refractivity contribution >= 4 is 35.1 Å². The SMILES string of the molecule is Cc1ccc(O)c(C(=O)OCC(=O)NCC(=O)Nc2cccc(Cl)c2C)c1. The lowest BCUT2D eigenvalue weighted by Gasteiger charge is -2.10. The van der Waals surface area contributed by atoms with Crippen molar-refractivity contribution in [2.24, 2.45) is 0 Å². The molecule has 0 atom stereocenters. The van der Waals surface area contributed by atoms with Crippen LogP contribution in [0.3, 0.4) is 0 Å². The van der Waals surface area contributed by atoms with Gasteiger partial charge in [0.05, 0.1) is 6.54 Å². The fraction of sp³-hybridized carbons (Fsp3) is 0.211. The summed E-state index contributed by atoms with van der Waals surface area (Å²) in [5.74, 6) is -2.16. The van der Waals surface area contributed by atoms with Gasteiger partial charge < -0.3 is 20.5 Å². The molecule has 0 heterocycles. The van der Waals surface area contributed by atoms with Crippen molar-refractivity contribution in [3.05, 3.63) is 58.1 Å². The van der Waals surface area contributed by atoms with Crippen LogP contribution in [0.2, 0.25) is 5.02 Å². The Kier molecular flexibility index (Phi) is 6.79. The Morgan fingerprint density at radius 1 is 1.11 bits per heavy atom. The molecule has 0 spiro atoms. The number of anilines is 1. The van der Waals surface area contributed by atoms with Crippen LogP contribution in [-0.2, 0) is 14.3 Å². The molecular weight excluding hydrogens is 372 g/mol. The quantitative estimate of drug-likeness (QED) is 0.657. The van der Waals surface area contributed by atoms with Crippen molar-refractivity contribution < 1.29 is 24.2 Å². The lowest BCUT2D eigenvalue weighted by molar-refractivity contribution is -0.126. The van der Waals surface area contributed by atoms with Gasteiger partial charge >= 0.3 is 5.97 Å². The lowest BCUT2D eigenvalue weighted by atomic mass is 10.1. The summed E-state index contributed by atoms with van der Waals surface area (Å²) in [6.45, 7) is 2.65. The van der Waals surface area contributed by atoms with Crippen LogP contribution in [0.15, 0.2) is 36.4 Å². The van der Waals surface area contributed by atoms with Gasteiger partial charge in [0, 0.05) is 10.7 Å². The Morgan fingerprint density at radius 3 is 2.59 bits per heavy atom. The second-order valence-corrected chi connectivity index (χ2v) is 6.24. The van der Waals surface area contributed by atoms with Crippen molar-refractivity contribution in [1.82, 2.24) is 5.32 Å². The number of hydrogen-bond donors (Lipinski definition) is 3. The van der Waals surface area contributed by atoms with Gasteiger partial charge in [0.25, 0.3) is 5.91 Å². The second kappa shape index (κ2) is 9.05. The highest BCUT2D eigenvalue weighted by molar-refractivity contribution is 6.31. The van der Waals surface area contributed by atoms with Gasteiger partial charge in [-0.25, -0.2) is 4.79 Å². The molecule has 0 aromatic heterocycles. The molecule has 142 valence electrons. The molecule has 2 rings (SSSR count). The van der Waals surface area contributed by atoms with Gasteiger partial charge in [-0.15, -0.1) is 0 Å². The average Bonchev–Trinajstić information content (AvgIpc) is 2.63. The molecule has 0 aliphatic heterocycles. The van der Waals surface area contributed by atoms with E-state index >= 15 is 0 Å². The summed E-state index contributed by atoms with van der Waals surface area (Å²) in [6.07, 6.45) is 0. The minimum atomic E-state index is -0.828. The number of esters is 1. The summed E-state index contributed by atoms with van der Waals surface area (Å²) in [4.78, 5) is 35.6. The van der Waals surface area contributed by atoms with Gasteiger partial charge in [-0.05, 0) is 43.7 Å². The van der Waals surface area contributed by atoms with E-state index in [0.717, 1.165) is 5.56 Å². The third kappa shape index (κ3) is 5.72. The zero-order valence-electron chi connectivity index (χ0n) is 14.8. The summed E-state index contributed by atoms with van der Waals surface area (Å²) >= 11 is 5.98. The number of carbonyl (C=O) groups is 3. The number of amides is 2. The topological polar surface area (TPSA) is 105 Å². The number of nitrogens with one attached hydrogen (secondary N) is 2. The molecule has 0 aliphatic rings. The van der Waals surface area contributed by atoms with Crippen molar-refractivity contribution in [3.8, 4) is 5.75 Å². The maximum absolute atomic E-state index is 11.9. The highest BCUT2D eigenvalue weighted by Gasteiger charge is 2.15. The van der Waals surface area contributed by atoms with Gasteiger partial charge in [-0.1, -0.05) is 29.3 Å². The fourth-order valence-electron chi connectivity index (χ4n) is 2.19. The second-order valence-electron chi connectivity index (χ2n) is 5.83. The highest BCUT2D eigenvalue weighted by Crippen LogP contribution is 2.22. The number of benzene rings is 2. The number of phenolic OH excluding ortho intramolecular Hbond substituents is 1. The van der Waals surface area contributed by atoms with Crippen LogP contribution in [0.5, 0.6) is 5.75 Å². The molecular formula is C19H19ClN2O5. The zero-order valence-corrected chi connectivity index (χ0v) is 15.6. The van der Waals surface area contributed by atoms with E-state index in [0.29, 0.717) is 16.3 Å². The molecule has 7 nitrogen and oxygen atoms in total. The molecule has 2 amide bonds. The molecule has 0 fully saturated rings. The molecule has 2 aromatic rings. The Labute approximate surface area is 161 Å². The lowest BCUT2D eigenvalue weighted by Crippen LogP contribution is -2.35. The molecule has 0 aliphatic carbocycles. The van der Waals surface area contributed by atoms with Crippen LogP contribution in [0.1, 0.15) is 21.5 Å². The summed E-state index contributed by atoms with van der Waals surface area (Å²) in [7, 11) is 0. The third-order valence-electron chi connectivity index (χ3n) is 3.69. The predicted molar refractivity (Wildman–Crippen MR) is 101 cm³/mol. The smallest absolute Gasteiger partial charge is 0.342 e. The van der Waals surface area contributed by atoms with Crippen LogP contribution < -0.4 is 10.6 Å². The van der Waals surface area contributed by atoms with Crippen molar-refractivity contribution in [3.63, 3.8) is 0 Å². The molecule has 0 saturated heterocycles. The molecule has 3 N–H and O–H groups in total. The van der Waals surface area contributed by atoms with Crippen molar-refractivity contribution in [2.45, 2.75) is 13.8 Å². The van der Waals surface area contributed by atoms with Gasteiger partial charge in [-0.3, -0.25) is 9.59 Å². The minimum absolute atomic E-state index is 0.0306. The summed E-state index contributed by atoms with van der Waals surface area (Å²) in [5.41, 5.74) is 1.99. The summed E-state index contributed by atoms with van der Waals surface area (Å²) < 4.78 is 4.85. The molecule has 27 heavy (non-hydrogen) atoms. The first kappa shape index (κ1) is 20.3. The number of aromatic hydroxyl groups is 1. The van der Waals surface area contributed by atoms with E-state index in [-0.39, 0.29) is 17.9 Å². The molecule has 2 aromatic carbocycles. The number of ether oxygens (including phenoxy) is 1. The third-order valence-corrected chi connectivity index (χ3v) is 4.10. The highest BCUT2D eigenvalue weighted by atomic mass is 35.5. The number of rotatable bonds is 6. The van der Waals surface area contributed by atoms with E-state index in [2.05, 4.69) is 10.6 Å². The van der Waals surface area contributed by atoms with Gasteiger partial charge in [0.15, 0.2) is 6.61 Å². The van der Waals surface area contributed by atoms with E-state index in [9.17, 15) is 19.5 Å². The van der Waals surface area contributed by atoms with E-state index < -0.39 is 24.4 Å². The van der Waals surface area contributed by atoms with Gasteiger partial charge in [0.1, 0.15) is 11.3 Å². The number of halogens is 1. The number of aryl methyl sites for hydroxylation is 1. The first-order chi connectivity index (χ1) is 12.8. The van der Waals surface area contributed by atoms with Crippen LogP contribution >= 0.6 is 11.6 Å². The number of phenols is 1. The first-order valence-corrected chi connectivity index (χ1v) is 8.44. The normalized spacial score (nSPS) is 10.2. The molecule has 0 unspecified atom stereocenters. The summed E-state index contributed by atoms with van der Waals surface area (Å²) in [6, 6.07) is 9.55.